The first-order chi connectivity index (χ1) is 38.5. The van der Waals surface area contributed by atoms with Crippen LogP contribution in [-0.2, 0) is 14.3 Å². The van der Waals surface area contributed by atoms with Crippen LogP contribution in [0.1, 0.15) is 399 Å². The molecule has 0 fully saturated rings. The molecule has 1 amide bonds. The largest absolute Gasteiger partial charge is 0.466 e. The smallest absolute Gasteiger partial charge is 0.305 e. The van der Waals surface area contributed by atoms with Crippen LogP contribution >= 0.6 is 0 Å². The number of carbonyl (C=O) groups excluding carboxylic acids is 2. The van der Waals surface area contributed by atoms with Crippen LogP contribution < -0.4 is 5.32 Å². The van der Waals surface area contributed by atoms with Crippen LogP contribution in [0.5, 0.6) is 0 Å². The number of aliphatic hydroxyl groups is 2. The number of allylic oxidation sites excluding steroid dienone is 3. The van der Waals surface area contributed by atoms with Crippen molar-refractivity contribution in [3.8, 4) is 0 Å². The number of unbranched alkanes of at least 4 members (excludes halogenated alkanes) is 54. The molecular formula is C72H139NO5. The van der Waals surface area contributed by atoms with Crippen molar-refractivity contribution in [2.24, 2.45) is 0 Å². The van der Waals surface area contributed by atoms with E-state index in [1.807, 2.05) is 6.08 Å². The lowest BCUT2D eigenvalue weighted by Gasteiger charge is -2.20. The van der Waals surface area contributed by atoms with Crippen LogP contribution in [0.15, 0.2) is 24.3 Å². The summed E-state index contributed by atoms with van der Waals surface area (Å²) < 4.78 is 5.50. The topological polar surface area (TPSA) is 95.9 Å². The van der Waals surface area contributed by atoms with Gasteiger partial charge in [-0.2, -0.15) is 0 Å². The lowest BCUT2D eigenvalue weighted by Crippen LogP contribution is -2.45. The van der Waals surface area contributed by atoms with Gasteiger partial charge in [-0.3, -0.25) is 9.59 Å². The van der Waals surface area contributed by atoms with Gasteiger partial charge in [0.15, 0.2) is 0 Å². The second kappa shape index (κ2) is 67.8. The van der Waals surface area contributed by atoms with Gasteiger partial charge in [0.05, 0.1) is 25.4 Å². The summed E-state index contributed by atoms with van der Waals surface area (Å²) in [5.74, 6) is -0.0475. The molecule has 0 heterocycles. The number of hydrogen-bond acceptors (Lipinski definition) is 5. The summed E-state index contributed by atoms with van der Waals surface area (Å²) >= 11 is 0. The van der Waals surface area contributed by atoms with Crippen molar-refractivity contribution in [3.63, 3.8) is 0 Å². The zero-order valence-electron chi connectivity index (χ0n) is 52.9. The molecule has 3 N–H and O–H groups in total. The van der Waals surface area contributed by atoms with Gasteiger partial charge in [0.1, 0.15) is 0 Å². The van der Waals surface area contributed by atoms with Crippen molar-refractivity contribution in [1.29, 1.82) is 0 Å². The number of ether oxygens (including phenoxy) is 1. The Labute approximate surface area is 488 Å². The normalized spacial score (nSPS) is 12.6. The summed E-state index contributed by atoms with van der Waals surface area (Å²) in [7, 11) is 0. The van der Waals surface area contributed by atoms with E-state index in [4.69, 9.17) is 4.74 Å². The highest BCUT2D eigenvalue weighted by Crippen LogP contribution is 2.19. The maximum atomic E-state index is 12.5. The fourth-order valence-electron chi connectivity index (χ4n) is 11.3. The number of esters is 1. The van der Waals surface area contributed by atoms with Gasteiger partial charge in [-0.25, -0.2) is 0 Å². The van der Waals surface area contributed by atoms with Crippen molar-refractivity contribution >= 4 is 11.9 Å². The molecule has 0 spiro atoms. The van der Waals surface area contributed by atoms with E-state index in [0.29, 0.717) is 19.4 Å². The van der Waals surface area contributed by atoms with Crippen molar-refractivity contribution in [1.82, 2.24) is 5.32 Å². The Morgan fingerprint density at radius 3 is 0.910 bits per heavy atom. The molecular weight excluding hydrogens is 959 g/mol. The molecule has 0 aromatic rings. The monoisotopic (exact) mass is 1100 g/mol. The third-order valence-electron chi connectivity index (χ3n) is 16.7. The molecule has 6 heteroatoms. The number of amides is 1. The second-order valence-electron chi connectivity index (χ2n) is 24.6. The molecule has 0 aromatic heterocycles. The predicted molar refractivity (Wildman–Crippen MR) is 343 cm³/mol. The van der Waals surface area contributed by atoms with Crippen LogP contribution in [0.25, 0.3) is 0 Å². The van der Waals surface area contributed by atoms with E-state index >= 15 is 0 Å². The standard InChI is InChI=1S/C72H139NO5/c1-3-5-7-9-11-13-15-17-18-39-42-46-50-54-58-62-66-72(77)78-67-63-59-55-51-47-43-40-37-35-33-31-29-27-25-23-21-19-20-22-24-26-28-30-32-34-36-38-41-45-49-53-57-61-65-71(76)73-69(68-74)70(75)64-60-56-52-48-44-16-14-12-10-8-6-4-2/h18,39,60,64,69-70,74-75H,3-17,19-38,40-59,61-63,65-68H2,1-2H3,(H,73,76)/b39-18-,64-60+. The zero-order chi connectivity index (χ0) is 56.4. The Hall–Kier alpha value is -1.66. The van der Waals surface area contributed by atoms with E-state index in [0.717, 1.165) is 44.9 Å². The lowest BCUT2D eigenvalue weighted by atomic mass is 10.0. The zero-order valence-corrected chi connectivity index (χ0v) is 52.9. The molecule has 2 unspecified atom stereocenters. The molecule has 0 saturated carbocycles. The number of carbonyl (C=O) groups is 2. The van der Waals surface area contributed by atoms with Gasteiger partial charge in [0.25, 0.3) is 0 Å². The van der Waals surface area contributed by atoms with E-state index in [2.05, 4.69) is 31.3 Å². The fraction of sp³-hybridized carbons (Fsp3) is 0.917. The summed E-state index contributed by atoms with van der Waals surface area (Å²) in [6, 6.07) is -0.623. The van der Waals surface area contributed by atoms with Crippen molar-refractivity contribution in [2.45, 2.75) is 411 Å². The Morgan fingerprint density at radius 2 is 0.603 bits per heavy atom. The van der Waals surface area contributed by atoms with Gasteiger partial charge >= 0.3 is 5.97 Å². The Bertz CT molecular complexity index is 1220. The SMILES string of the molecule is CCCCCCCCC/C=C\CCCCCCCC(=O)OCCCCCCCCCCCCCCCCCCCCCCCCCCCCCCCCCCCC(=O)NC(CO)C(O)/C=C/CCCCCCCCCCCC. The molecule has 78 heavy (non-hydrogen) atoms. The molecule has 462 valence electrons. The number of nitrogens with one attached hydrogen (secondary N) is 1. The van der Waals surface area contributed by atoms with Crippen LogP contribution in [-0.4, -0.2) is 47.4 Å². The highest BCUT2D eigenvalue weighted by molar-refractivity contribution is 5.76. The van der Waals surface area contributed by atoms with Gasteiger partial charge < -0.3 is 20.3 Å². The van der Waals surface area contributed by atoms with Crippen molar-refractivity contribution < 1.29 is 24.5 Å². The Morgan fingerprint density at radius 1 is 0.346 bits per heavy atom. The number of hydrogen-bond donors (Lipinski definition) is 3. The summed E-state index contributed by atoms with van der Waals surface area (Å²) in [6.45, 7) is 4.92. The molecule has 0 aliphatic heterocycles. The Balaban J connectivity index is 3.31. The summed E-state index contributed by atoms with van der Waals surface area (Å²) in [4.78, 5) is 24.5. The minimum Gasteiger partial charge on any atom is -0.466 e. The third kappa shape index (κ3) is 63.5. The predicted octanol–water partition coefficient (Wildman–Crippen LogP) is 22.9. The van der Waals surface area contributed by atoms with Crippen LogP contribution in [0.2, 0.25) is 0 Å². The van der Waals surface area contributed by atoms with Crippen LogP contribution in [0.3, 0.4) is 0 Å². The molecule has 6 nitrogen and oxygen atoms in total. The molecule has 0 radical (unpaired) electrons. The van der Waals surface area contributed by atoms with Gasteiger partial charge in [-0.1, -0.05) is 353 Å². The van der Waals surface area contributed by atoms with E-state index in [9.17, 15) is 19.8 Å². The lowest BCUT2D eigenvalue weighted by molar-refractivity contribution is -0.143. The van der Waals surface area contributed by atoms with E-state index < -0.39 is 12.1 Å². The van der Waals surface area contributed by atoms with E-state index in [1.165, 1.54) is 327 Å². The van der Waals surface area contributed by atoms with E-state index in [1.54, 1.807) is 6.08 Å². The quantitative estimate of drug-likeness (QED) is 0.0320. The van der Waals surface area contributed by atoms with E-state index in [-0.39, 0.29) is 18.5 Å². The first-order valence-corrected chi connectivity index (χ1v) is 35.6. The Kier molecular flexibility index (Phi) is 66.4. The average Bonchev–Trinajstić information content (AvgIpc) is 3.44. The summed E-state index contributed by atoms with van der Waals surface area (Å²) in [5, 5.41) is 23.1. The highest BCUT2D eigenvalue weighted by atomic mass is 16.5. The van der Waals surface area contributed by atoms with Gasteiger partial charge in [-0.15, -0.1) is 0 Å². The first kappa shape index (κ1) is 76.3. The molecule has 2 atom stereocenters. The van der Waals surface area contributed by atoms with Crippen molar-refractivity contribution in [3.05, 3.63) is 24.3 Å². The molecule has 0 aliphatic carbocycles. The average molecular weight is 1100 g/mol. The van der Waals surface area contributed by atoms with Crippen LogP contribution in [0, 0.1) is 0 Å². The molecule has 0 aliphatic rings. The molecule has 0 bridgehead atoms. The maximum Gasteiger partial charge on any atom is 0.305 e. The third-order valence-corrected chi connectivity index (χ3v) is 16.7. The van der Waals surface area contributed by atoms with Crippen LogP contribution in [0.4, 0.5) is 0 Å². The summed E-state index contributed by atoms with van der Waals surface area (Å²) in [6.07, 6.45) is 85.6. The van der Waals surface area contributed by atoms with Gasteiger partial charge in [0, 0.05) is 12.8 Å². The number of aliphatic hydroxyl groups excluding tert-OH is 2. The minimum absolute atomic E-state index is 0.0146. The first-order valence-electron chi connectivity index (χ1n) is 35.6. The maximum absolute atomic E-state index is 12.5. The second-order valence-corrected chi connectivity index (χ2v) is 24.6. The minimum atomic E-state index is -0.839. The van der Waals surface area contributed by atoms with Gasteiger partial charge in [0.2, 0.25) is 5.91 Å². The molecule has 0 rings (SSSR count). The highest BCUT2D eigenvalue weighted by Gasteiger charge is 2.18. The van der Waals surface area contributed by atoms with Crippen molar-refractivity contribution in [2.75, 3.05) is 13.2 Å². The molecule has 0 aromatic carbocycles. The fourth-order valence-corrected chi connectivity index (χ4v) is 11.3. The molecule has 0 saturated heterocycles. The van der Waals surface area contributed by atoms with Gasteiger partial charge in [-0.05, 0) is 57.8 Å². The number of rotatable bonds is 67. The summed E-state index contributed by atoms with van der Waals surface area (Å²) in [5.41, 5.74) is 0.